The van der Waals surface area contributed by atoms with E-state index >= 15 is 0 Å². The Morgan fingerprint density at radius 2 is 2.35 bits per heavy atom. The van der Waals surface area contributed by atoms with E-state index in [1.54, 1.807) is 0 Å². The summed E-state index contributed by atoms with van der Waals surface area (Å²) < 4.78 is 1.88. The third kappa shape index (κ3) is 3.74. The average Bonchev–Trinajstić information content (AvgIpc) is 2.57. The maximum atomic E-state index is 8.53. The zero-order valence-electron chi connectivity index (χ0n) is 10.9. The van der Waals surface area contributed by atoms with Crippen LogP contribution < -0.4 is 5.73 Å². The average molecular weight is 239 g/mol. The number of amidine groups is 1. The van der Waals surface area contributed by atoms with E-state index in [1.165, 1.54) is 0 Å². The summed E-state index contributed by atoms with van der Waals surface area (Å²) in [6, 6.07) is 2.27. The molecule has 0 aromatic carbocycles. The summed E-state index contributed by atoms with van der Waals surface area (Å²) in [5.41, 5.74) is 7.66. The maximum Gasteiger partial charge on any atom is 0.140 e. The molecule has 1 unspecified atom stereocenters. The molecule has 0 saturated carbocycles. The molecule has 0 aliphatic carbocycles. The van der Waals surface area contributed by atoms with Crippen LogP contribution in [0.15, 0.2) is 11.2 Å². The van der Waals surface area contributed by atoms with Crippen molar-refractivity contribution in [1.82, 2.24) is 14.7 Å². The van der Waals surface area contributed by atoms with Crippen LogP contribution in [-0.2, 0) is 13.6 Å². The first kappa shape index (κ1) is 13.5. The molecule has 6 nitrogen and oxygen atoms in total. The van der Waals surface area contributed by atoms with Gasteiger partial charge in [-0.1, -0.05) is 5.16 Å². The normalized spacial score (nSPS) is 14.3. The van der Waals surface area contributed by atoms with Gasteiger partial charge in [0.05, 0.1) is 11.4 Å². The van der Waals surface area contributed by atoms with E-state index < -0.39 is 0 Å². The van der Waals surface area contributed by atoms with Crippen LogP contribution in [-0.4, -0.2) is 38.8 Å². The molecule has 0 bridgehead atoms. The van der Waals surface area contributed by atoms with E-state index in [0.29, 0.717) is 6.42 Å². The SMILES string of the molecule is Cc1cc(CN(C)C(C)CC(N)=NO)n(C)n1. The molecule has 0 spiro atoms. The Kier molecular flexibility index (Phi) is 4.51. The third-order valence-electron chi connectivity index (χ3n) is 2.90. The molecule has 0 radical (unpaired) electrons. The molecule has 0 aliphatic heterocycles. The van der Waals surface area contributed by atoms with Crippen molar-refractivity contribution in [1.29, 1.82) is 0 Å². The summed E-state index contributed by atoms with van der Waals surface area (Å²) in [5.74, 6) is 0.255. The predicted octanol–water partition coefficient (Wildman–Crippen LogP) is 0.685. The second kappa shape index (κ2) is 5.67. The lowest BCUT2D eigenvalue weighted by molar-refractivity contribution is 0.245. The highest BCUT2D eigenvalue weighted by Gasteiger charge is 2.13. The van der Waals surface area contributed by atoms with Crippen LogP contribution >= 0.6 is 0 Å². The van der Waals surface area contributed by atoms with Crippen LogP contribution in [0.1, 0.15) is 24.7 Å². The second-order valence-corrected chi connectivity index (χ2v) is 4.46. The fourth-order valence-electron chi connectivity index (χ4n) is 1.72. The Morgan fingerprint density at radius 3 is 2.82 bits per heavy atom. The molecule has 17 heavy (non-hydrogen) atoms. The minimum Gasteiger partial charge on any atom is -0.409 e. The van der Waals surface area contributed by atoms with Gasteiger partial charge >= 0.3 is 0 Å². The van der Waals surface area contributed by atoms with Gasteiger partial charge in [-0.2, -0.15) is 5.10 Å². The van der Waals surface area contributed by atoms with Gasteiger partial charge in [-0.15, -0.1) is 0 Å². The topological polar surface area (TPSA) is 79.7 Å². The summed E-state index contributed by atoms with van der Waals surface area (Å²) >= 11 is 0. The fraction of sp³-hybridized carbons (Fsp3) is 0.636. The highest BCUT2D eigenvalue weighted by molar-refractivity contribution is 5.80. The fourth-order valence-corrected chi connectivity index (χ4v) is 1.72. The van der Waals surface area contributed by atoms with Gasteiger partial charge in [-0.3, -0.25) is 9.58 Å². The quantitative estimate of drug-likeness (QED) is 0.343. The molecule has 3 N–H and O–H groups in total. The van der Waals surface area contributed by atoms with Crippen molar-refractivity contribution in [2.75, 3.05) is 7.05 Å². The van der Waals surface area contributed by atoms with Crippen LogP contribution in [0.2, 0.25) is 0 Å². The van der Waals surface area contributed by atoms with Gasteiger partial charge in [0.15, 0.2) is 0 Å². The minimum absolute atomic E-state index is 0.209. The van der Waals surface area contributed by atoms with Crippen LogP contribution in [0.25, 0.3) is 0 Å². The van der Waals surface area contributed by atoms with Crippen molar-refractivity contribution in [2.45, 2.75) is 32.9 Å². The van der Waals surface area contributed by atoms with Crippen molar-refractivity contribution < 1.29 is 5.21 Å². The molecule has 1 rings (SSSR count). The van der Waals surface area contributed by atoms with Crippen molar-refractivity contribution in [3.05, 3.63) is 17.5 Å². The largest absolute Gasteiger partial charge is 0.409 e. The molecule has 1 aromatic heterocycles. The molecule has 0 amide bonds. The molecule has 0 aliphatic rings. The number of rotatable bonds is 5. The number of aryl methyl sites for hydroxylation is 2. The number of aromatic nitrogens is 2. The van der Waals surface area contributed by atoms with Crippen molar-refractivity contribution in [3.63, 3.8) is 0 Å². The van der Waals surface area contributed by atoms with E-state index in [1.807, 2.05) is 32.6 Å². The van der Waals surface area contributed by atoms with Crippen LogP contribution in [0.4, 0.5) is 0 Å². The highest BCUT2D eigenvalue weighted by Crippen LogP contribution is 2.09. The van der Waals surface area contributed by atoms with Gasteiger partial charge < -0.3 is 10.9 Å². The first-order valence-electron chi connectivity index (χ1n) is 5.60. The zero-order valence-corrected chi connectivity index (χ0v) is 10.9. The summed E-state index contributed by atoms with van der Waals surface area (Å²) in [7, 11) is 3.95. The highest BCUT2D eigenvalue weighted by atomic mass is 16.4. The monoisotopic (exact) mass is 239 g/mol. The summed E-state index contributed by atoms with van der Waals surface area (Å²) in [4.78, 5) is 2.15. The molecule has 96 valence electrons. The van der Waals surface area contributed by atoms with Crippen molar-refractivity contribution in [3.8, 4) is 0 Å². The lowest BCUT2D eigenvalue weighted by Gasteiger charge is -2.24. The standard InChI is InChI=1S/C11H21N5O/c1-8-5-10(16(4)13-8)7-15(3)9(2)6-11(12)14-17/h5,9,17H,6-7H2,1-4H3,(H2,12,14). The van der Waals surface area contributed by atoms with Crippen LogP contribution in [0.3, 0.4) is 0 Å². The third-order valence-corrected chi connectivity index (χ3v) is 2.90. The number of hydrogen-bond donors (Lipinski definition) is 2. The van der Waals surface area contributed by atoms with E-state index in [4.69, 9.17) is 10.9 Å². The van der Waals surface area contributed by atoms with Gasteiger partial charge in [-0.05, 0) is 27.0 Å². The summed E-state index contributed by atoms with van der Waals surface area (Å²) in [5, 5.41) is 15.8. The van der Waals surface area contributed by atoms with Gasteiger partial charge in [0.1, 0.15) is 5.84 Å². The lowest BCUT2D eigenvalue weighted by atomic mass is 10.2. The van der Waals surface area contributed by atoms with Gasteiger partial charge in [0.2, 0.25) is 0 Å². The number of nitrogens with zero attached hydrogens (tertiary/aromatic N) is 4. The molecule has 0 fully saturated rings. The second-order valence-electron chi connectivity index (χ2n) is 4.46. The van der Waals surface area contributed by atoms with E-state index in [-0.39, 0.29) is 11.9 Å². The minimum atomic E-state index is 0.209. The van der Waals surface area contributed by atoms with Gasteiger partial charge in [0.25, 0.3) is 0 Å². The maximum absolute atomic E-state index is 8.53. The Hall–Kier alpha value is -1.56. The molecule has 1 heterocycles. The molecule has 6 heteroatoms. The first-order valence-corrected chi connectivity index (χ1v) is 5.60. The number of nitrogens with two attached hydrogens (primary N) is 1. The number of oxime groups is 1. The molecule has 1 aromatic rings. The first-order chi connectivity index (χ1) is 7.93. The summed E-state index contributed by atoms with van der Waals surface area (Å²) in [6.07, 6.45) is 0.545. The molecule has 1 atom stereocenters. The molecular formula is C11H21N5O. The summed E-state index contributed by atoms with van der Waals surface area (Å²) in [6.45, 7) is 4.81. The van der Waals surface area contributed by atoms with Gasteiger partial charge in [0, 0.05) is 26.1 Å². The van der Waals surface area contributed by atoms with Gasteiger partial charge in [-0.25, -0.2) is 0 Å². The van der Waals surface area contributed by atoms with E-state index in [9.17, 15) is 0 Å². The van der Waals surface area contributed by atoms with Crippen molar-refractivity contribution >= 4 is 5.84 Å². The molecule has 0 saturated heterocycles. The van der Waals surface area contributed by atoms with E-state index in [0.717, 1.165) is 17.9 Å². The Balaban J connectivity index is 2.59. The zero-order chi connectivity index (χ0) is 13.0. The smallest absolute Gasteiger partial charge is 0.140 e. The Labute approximate surface area is 102 Å². The predicted molar refractivity (Wildman–Crippen MR) is 66.9 cm³/mol. The van der Waals surface area contributed by atoms with Crippen LogP contribution in [0, 0.1) is 6.92 Å². The molecular weight excluding hydrogens is 218 g/mol. The Morgan fingerprint density at radius 1 is 1.71 bits per heavy atom. The number of hydrogen-bond acceptors (Lipinski definition) is 4. The van der Waals surface area contributed by atoms with Crippen LogP contribution in [0.5, 0.6) is 0 Å². The van der Waals surface area contributed by atoms with E-state index in [2.05, 4.69) is 21.2 Å². The Bertz CT molecular complexity index is 399. The lowest BCUT2D eigenvalue weighted by Crippen LogP contribution is -2.33. The van der Waals surface area contributed by atoms with Crippen molar-refractivity contribution in [2.24, 2.45) is 17.9 Å².